The molecule has 0 unspecified atom stereocenters. The van der Waals surface area contributed by atoms with E-state index in [-0.39, 0.29) is 0 Å². The minimum Gasteiger partial charge on any atom is -0.298 e. The van der Waals surface area contributed by atoms with E-state index in [4.69, 9.17) is 23.2 Å². The Morgan fingerprint density at radius 2 is 1.58 bits per heavy atom. The van der Waals surface area contributed by atoms with Gasteiger partial charge in [-0.2, -0.15) is 0 Å². The van der Waals surface area contributed by atoms with Gasteiger partial charge >= 0.3 is 0 Å². The lowest BCUT2D eigenvalue weighted by atomic mass is 10.2. The van der Waals surface area contributed by atoms with Crippen molar-refractivity contribution >= 4 is 35.0 Å². The maximum absolute atomic E-state index is 5.96. The van der Waals surface area contributed by atoms with Gasteiger partial charge in [0, 0.05) is 27.9 Å². The lowest BCUT2D eigenvalue weighted by Crippen LogP contribution is -2.00. The zero-order valence-corrected chi connectivity index (χ0v) is 15.2. The minimum atomic E-state index is 0.647. The molecule has 1 aromatic heterocycles. The van der Waals surface area contributed by atoms with E-state index in [9.17, 15) is 0 Å². The van der Waals surface area contributed by atoms with E-state index in [0.717, 1.165) is 27.3 Å². The maximum Gasteiger partial charge on any atom is 0.192 e. The number of benzene rings is 2. The first-order valence-corrected chi connectivity index (χ1v) is 9.09. The summed E-state index contributed by atoms with van der Waals surface area (Å²) in [5.41, 5.74) is 2.16. The van der Waals surface area contributed by atoms with Crippen molar-refractivity contribution < 1.29 is 0 Å². The first kappa shape index (κ1) is 17.1. The van der Waals surface area contributed by atoms with Crippen molar-refractivity contribution in [2.45, 2.75) is 17.5 Å². The summed E-state index contributed by atoms with van der Waals surface area (Å²) in [5, 5.41) is 11.0. The number of halogens is 2. The summed E-state index contributed by atoms with van der Waals surface area (Å²) < 4.78 is 2.05. The second-order valence-electron chi connectivity index (χ2n) is 5.13. The molecule has 0 bridgehead atoms. The summed E-state index contributed by atoms with van der Waals surface area (Å²) >= 11 is 13.5. The summed E-state index contributed by atoms with van der Waals surface area (Å²) in [6.07, 6.45) is 1.84. The normalized spacial score (nSPS) is 10.8. The molecule has 0 saturated carbocycles. The molecule has 0 N–H and O–H groups in total. The van der Waals surface area contributed by atoms with Gasteiger partial charge in [-0.3, -0.25) is 4.57 Å². The SMILES string of the molecule is C=CCn1c(SCc2ccc(Cl)cc2)nnc1-c1ccc(Cl)cc1. The number of allylic oxidation sites excluding steroid dienone is 1. The maximum atomic E-state index is 5.96. The van der Waals surface area contributed by atoms with Crippen molar-refractivity contribution in [1.82, 2.24) is 14.8 Å². The van der Waals surface area contributed by atoms with Crippen molar-refractivity contribution in [1.29, 1.82) is 0 Å². The van der Waals surface area contributed by atoms with Crippen LogP contribution in [-0.2, 0) is 12.3 Å². The van der Waals surface area contributed by atoms with Crippen LogP contribution in [0.2, 0.25) is 10.0 Å². The molecule has 6 heteroatoms. The fraction of sp³-hybridized carbons (Fsp3) is 0.111. The lowest BCUT2D eigenvalue weighted by molar-refractivity contribution is 0.731. The number of hydrogen-bond donors (Lipinski definition) is 0. The molecule has 0 fully saturated rings. The van der Waals surface area contributed by atoms with Crippen molar-refractivity contribution in [3.63, 3.8) is 0 Å². The Balaban J connectivity index is 1.84. The molecule has 24 heavy (non-hydrogen) atoms. The molecule has 0 spiro atoms. The summed E-state index contributed by atoms with van der Waals surface area (Å²) in [6.45, 7) is 4.48. The number of rotatable bonds is 6. The van der Waals surface area contributed by atoms with E-state index in [2.05, 4.69) is 21.3 Å². The Labute approximate surface area is 155 Å². The standard InChI is InChI=1S/C18H15Cl2N3S/c1-2-11-23-17(14-5-9-16(20)10-6-14)21-22-18(23)24-12-13-3-7-15(19)8-4-13/h2-10H,1,11-12H2. The van der Waals surface area contributed by atoms with E-state index in [1.165, 1.54) is 5.56 Å². The minimum absolute atomic E-state index is 0.647. The molecule has 3 nitrogen and oxygen atoms in total. The molecular weight excluding hydrogens is 361 g/mol. The molecule has 0 saturated heterocycles. The molecule has 0 aliphatic carbocycles. The second-order valence-corrected chi connectivity index (χ2v) is 6.94. The molecule has 0 radical (unpaired) electrons. The first-order valence-electron chi connectivity index (χ1n) is 7.34. The van der Waals surface area contributed by atoms with Gasteiger partial charge in [-0.25, -0.2) is 0 Å². The summed E-state index contributed by atoms with van der Waals surface area (Å²) in [7, 11) is 0. The van der Waals surface area contributed by atoms with Crippen molar-refractivity contribution in [3.8, 4) is 11.4 Å². The zero-order chi connectivity index (χ0) is 16.9. The van der Waals surface area contributed by atoms with Gasteiger partial charge in [-0.05, 0) is 42.0 Å². The topological polar surface area (TPSA) is 30.7 Å². The molecule has 0 amide bonds. The smallest absolute Gasteiger partial charge is 0.192 e. The molecular formula is C18H15Cl2N3S. The quantitative estimate of drug-likeness (QED) is 0.407. The molecule has 0 aliphatic heterocycles. The monoisotopic (exact) mass is 375 g/mol. The highest BCUT2D eigenvalue weighted by molar-refractivity contribution is 7.98. The van der Waals surface area contributed by atoms with Crippen LogP contribution in [0.4, 0.5) is 0 Å². The van der Waals surface area contributed by atoms with Crippen LogP contribution in [0.25, 0.3) is 11.4 Å². The van der Waals surface area contributed by atoms with Crippen LogP contribution in [0.5, 0.6) is 0 Å². The van der Waals surface area contributed by atoms with Gasteiger partial charge in [0.25, 0.3) is 0 Å². The van der Waals surface area contributed by atoms with Crippen molar-refractivity contribution in [2.24, 2.45) is 0 Å². The number of aromatic nitrogens is 3. The van der Waals surface area contributed by atoms with Gasteiger partial charge in [0.2, 0.25) is 0 Å². The van der Waals surface area contributed by atoms with Crippen LogP contribution in [0.1, 0.15) is 5.56 Å². The fourth-order valence-electron chi connectivity index (χ4n) is 2.23. The second kappa shape index (κ2) is 7.88. The van der Waals surface area contributed by atoms with Gasteiger partial charge in [-0.1, -0.05) is 53.2 Å². The highest BCUT2D eigenvalue weighted by Gasteiger charge is 2.13. The highest BCUT2D eigenvalue weighted by Crippen LogP contribution is 2.27. The van der Waals surface area contributed by atoms with E-state index in [1.54, 1.807) is 11.8 Å². The fourth-order valence-corrected chi connectivity index (χ4v) is 3.39. The Hall–Kier alpha value is -1.75. The molecule has 0 atom stereocenters. The summed E-state index contributed by atoms with van der Waals surface area (Å²) in [6, 6.07) is 15.4. The van der Waals surface area contributed by atoms with Crippen LogP contribution in [-0.4, -0.2) is 14.8 Å². The van der Waals surface area contributed by atoms with Gasteiger partial charge < -0.3 is 0 Å². The average Bonchev–Trinajstić information content (AvgIpc) is 2.98. The third-order valence-electron chi connectivity index (χ3n) is 3.41. The molecule has 2 aromatic carbocycles. The van der Waals surface area contributed by atoms with E-state index >= 15 is 0 Å². The van der Waals surface area contributed by atoms with E-state index in [0.29, 0.717) is 11.6 Å². The van der Waals surface area contributed by atoms with Crippen LogP contribution in [0.3, 0.4) is 0 Å². The summed E-state index contributed by atoms with van der Waals surface area (Å²) in [4.78, 5) is 0. The molecule has 1 heterocycles. The van der Waals surface area contributed by atoms with Crippen molar-refractivity contribution in [3.05, 3.63) is 76.8 Å². The predicted octanol–water partition coefficient (Wildman–Crippen LogP) is 5.73. The molecule has 122 valence electrons. The van der Waals surface area contributed by atoms with Gasteiger partial charge in [0.1, 0.15) is 0 Å². The third-order valence-corrected chi connectivity index (χ3v) is 4.95. The number of thioether (sulfide) groups is 1. The Bertz CT molecular complexity index is 826. The molecule has 3 rings (SSSR count). The largest absolute Gasteiger partial charge is 0.298 e. The van der Waals surface area contributed by atoms with Gasteiger partial charge in [-0.15, -0.1) is 16.8 Å². The molecule has 0 aliphatic rings. The van der Waals surface area contributed by atoms with Crippen LogP contribution < -0.4 is 0 Å². The average molecular weight is 376 g/mol. The Kier molecular flexibility index (Phi) is 5.61. The third kappa shape index (κ3) is 4.01. The van der Waals surface area contributed by atoms with Gasteiger partial charge in [0.15, 0.2) is 11.0 Å². The number of hydrogen-bond acceptors (Lipinski definition) is 3. The van der Waals surface area contributed by atoms with E-state index in [1.807, 2.05) is 54.6 Å². The Morgan fingerprint density at radius 1 is 0.958 bits per heavy atom. The Morgan fingerprint density at radius 3 is 2.21 bits per heavy atom. The zero-order valence-electron chi connectivity index (χ0n) is 12.8. The van der Waals surface area contributed by atoms with Crippen LogP contribution >= 0.6 is 35.0 Å². The van der Waals surface area contributed by atoms with E-state index < -0.39 is 0 Å². The van der Waals surface area contributed by atoms with Gasteiger partial charge in [0.05, 0.1) is 0 Å². The lowest BCUT2D eigenvalue weighted by Gasteiger charge is -2.08. The van der Waals surface area contributed by atoms with Crippen molar-refractivity contribution in [2.75, 3.05) is 0 Å². The van der Waals surface area contributed by atoms with Crippen LogP contribution in [0.15, 0.2) is 66.3 Å². The molecule has 3 aromatic rings. The predicted molar refractivity (Wildman–Crippen MR) is 102 cm³/mol. The number of nitrogens with zero attached hydrogens (tertiary/aromatic N) is 3. The highest BCUT2D eigenvalue weighted by atomic mass is 35.5. The first-order chi connectivity index (χ1) is 11.7. The summed E-state index contributed by atoms with van der Waals surface area (Å²) in [5.74, 6) is 1.61. The van der Waals surface area contributed by atoms with Crippen LogP contribution in [0, 0.1) is 0 Å².